The molecule has 0 spiro atoms. The van der Waals surface area contributed by atoms with E-state index in [-0.39, 0.29) is 5.92 Å². The van der Waals surface area contributed by atoms with Crippen LogP contribution < -0.4 is 5.32 Å². The van der Waals surface area contributed by atoms with Crippen LogP contribution >= 0.6 is 0 Å². The molecule has 0 radical (unpaired) electrons. The molecule has 1 fully saturated rings. The molecular formula is C17H25N3O. The fourth-order valence-electron chi connectivity index (χ4n) is 3.52. The Morgan fingerprint density at radius 3 is 2.95 bits per heavy atom. The Labute approximate surface area is 127 Å². The Bertz CT molecular complexity index is 517. The van der Waals surface area contributed by atoms with E-state index in [4.69, 9.17) is 0 Å². The van der Waals surface area contributed by atoms with Crippen LogP contribution in [0.15, 0.2) is 24.3 Å². The molecular weight excluding hydrogens is 262 g/mol. The topological polar surface area (TPSA) is 35.6 Å². The van der Waals surface area contributed by atoms with E-state index in [2.05, 4.69) is 47.3 Å². The number of amides is 1. The van der Waals surface area contributed by atoms with Gasteiger partial charge in [0.2, 0.25) is 5.91 Å². The Morgan fingerprint density at radius 2 is 2.14 bits per heavy atom. The largest absolute Gasteiger partial charge is 0.339 e. The molecule has 3 rings (SSSR count). The first-order chi connectivity index (χ1) is 10.2. The summed E-state index contributed by atoms with van der Waals surface area (Å²) in [7, 11) is 2.16. The fraction of sp³-hybridized carbons (Fsp3) is 0.588. The number of fused-ring (bicyclic) bond motifs is 1. The number of benzene rings is 1. The molecule has 2 aliphatic rings. The van der Waals surface area contributed by atoms with Crippen molar-refractivity contribution in [2.45, 2.75) is 31.8 Å². The maximum atomic E-state index is 13.0. The maximum absolute atomic E-state index is 13.0. The number of hydrogen-bond donors (Lipinski definition) is 1. The summed E-state index contributed by atoms with van der Waals surface area (Å²) in [6, 6.07) is 8.83. The second-order valence-corrected chi connectivity index (χ2v) is 6.21. The van der Waals surface area contributed by atoms with Crippen molar-refractivity contribution in [2.24, 2.45) is 0 Å². The lowest BCUT2D eigenvalue weighted by Gasteiger charge is -2.41. The minimum atomic E-state index is -0.0177. The Kier molecular flexibility index (Phi) is 4.27. The standard InChI is InChI=1S/C17H25N3O/c1-3-14-12-20(9-8-19(14)2)17(21)16-11-18-10-13-6-4-5-7-15(13)16/h4-7,14,16,18H,3,8-12H2,1-2H3. The van der Waals surface area contributed by atoms with Gasteiger partial charge in [0.25, 0.3) is 0 Å². The maximum Gasteiger partial charge on any atom is 0.231 e. The summed E-state index contributed by atoms with van der Waals surface area (Å²) >= 11 is 0. The Morgan fingerprint density at radius 1 is 1.33 bits per heavy atom. The second kappa shape index (κ2) is 6.16. The van der Waals surface area contributed by atoms with E-state index in [0.29, 0.717) is 11.9 Å². The van der Waals surface area contributed by atoms with Crippen molar-refractivity contribution in [3.05, 3.63) is 35.4 Å². The summed E-state index contributed by atoms with van der Waals surface area (Å²) in [5.41, 5.74) is 2.48. The molecule has 2 heterocycles. The van der Waals surface area contributed by atoms with E-state index in [1.165, 1.54) is 11.1 Å². The monoisotopic (exact) mass is 287 g/mol. The van der Waals surface area contributed by atoms with Crippen molar-refractivity contribution >= 4 is 5.91 Å². The molecule has 114 valence electrons. The van der Waals surface area contributed by atoms with Crippen LogP contribution in [-0.2, 0) is 11.3 Å². The van der Waals surface area contributed by atoms with Gasteiger partial charge in [0.1, 0.15) is 0 Å². The highest BCUT2D eigenvalue weighted by Gasteiger charge is 2.33. The first-order valence-corrected chi connectivity index (χ1v) is 7.98. The summed E-state index contributed by atoms with van der Waals surface area (Å²) in [5, 5.41) is 3.39. The first-order valence-electron chi connectivity index (χ1n) is 7.98. The van der Waals surface area contributed by atoms with E-state index >= 15 is 0 Å². The Balaban J connectivity index is 1.77. The van der Waals surface area contributed by atoms with Gasteiger partial charge in [-0.2, -0.15) is 0 Å². The molecule has 1 aromatic carbocycles. The molecule has 1 amide bonds. The van der Waals surface area contributed by atoms with E-state index in [1.807, 2.05) is 6.07 Å². The van der Waals surface area contributed by atoms with Crippen molar-refractivity contribution in [3.8, 4) is 0 Å². The number of rotatable bonds is 2. The van der Waals surface area contributed by atoms with Gasteiger partial charge in [0.15, 0.2) is 0 Å². The van der Waals surface area contributed by atoms with Crippen molar-refractivity contribution < 1.29 is 4.79 Å². The van der Waals surface area contributed by atoms with Gasteiger partial charge >= 0.3 is 0 Å². The number of carbonyl (C=O) groups is 1. The van der Waals surface area contributed by atoms with Crippen LogP contribution in [0, 0.1) is 0 Å². The van der Waals surface area contributed by atoms with Crippen molar-refractivity contribution in [3.63, 3.8) is 0 Å². The number of likely N-dealkylation sites (N-methyl/N-ethyl adjacent to an activating group) is 1. The molecule has 0 saturated carbocycles. The molecule has 1 aromatic rings. The summed E-state index contributed by atoms with van der Waals surface area (Å²) in [4.78, 5) is 17.4. The molecule has 0 bridgehead atoms. The number of nitrogens with one attached hydrogen (secondary N) is 1. The molecule has 2 atom stereocenters. The molecule has 21 heavy (non-hydrogen) atoms. The molecule has 0 aliphatic carbocycles. The molecule has 2 unspecified atom stereocenters. The average Bonchev–Trinajstić information content (AvgIpc) is 2.54. The lowest BCUT2D eigenvalue weighted by atomic mass is 9.89. The first kappa shape index (κ1) is 14.5. The van der Waals surface area contributed by atoms with Crippen LogP contribution in [0.4, 0.5) is 0 Å². The van der Waals surface area contributed by atoms with Crippen LogP contribution in [0.2, 0.25) is 0 Å². The summed E-state index contributed by atoms with van der Waals surface area (Å²) in [5.74, 6) is 0.275. The Hall–Kier alpha value is -1.39. The van der Waals surface area contributed by atoms with Crippen LogP contribution in [0.5, 0.6) is 0 Å². The quantitative estimate of drug-likeness (QED) is 0.894. The SMILES string of the molecule is CCC1CN(C(=O)C2CNCc3ccccc32)CCN1C. The highest BCUT2D eigenvalue weighted by Crippen LogP contribution is 2.26. The summed E-state index contributed by atoms with van der Waals surface area (Å²) in [6.45, 7) is 6.53. The molecule has 2 aliphatic heterocycles. The van der Waals surface area contributed by atoms with Gasteiger partial charge in [-0.3, -0.25) is 9.69 Å². The van der Waals surface area contributed by atoms with Crippen molar-refractivity contribution in [1.29, 1.82) is 0 Å². The molecule has 1 saturated heterocycles. The lowest BCUT2D eigenvalue weighted by Crippen LogP contribution is -2.54. The normalized spacial score (nSPS) is 26.5. The predicted molar refractivity (Wildman–Crippen MR) is 84.2 cm³/mol. The molecule has 4 heteroatoms. The van der Waals surface area contributed by atoms with Crippen LogP contribution in [0.3, 0.4) is 0 Å². The molecule has 1 N–H and O–H groups in total. The number of piperazine rings is 1. The smallest absolute Gasteiger partial charge is 0.231 e. The van der Waals surface area contributed by atoms with E-state index in [1.54, 1.807) is 0 Å². The van der Waals surface area contributed by atoms with E-state index in [9.17, 15) is 4.79 Å². The third kappa shape index (κ3) is 2.83. The van der Waals surface area contributed by atoms with E-state index in [0.717, 1.165) is 39.1 Å². The van der Waals surface area contributed by atoms with Gasteiger partial charge < -0.3 is 10.2 Å². The van der Waals surface area contributed by atoms with Crippen molar-refractivity contribution in [1.82, 2.24) is 15.1 Å². The second-order valence-electron chi connectivity index (χ2n) is 6.21. The zero-order chi connectivity index (χ0) is 14.8. The van der Waals surface area contributed by atoms with Gasteiger partial charge in [0.05, 0.1) is 5.92 Å². The molecule has 0 aromatic heterocycles. The molecule has 4 nitrogen and oxygen atoms in total. The van der Waals surface area contributed by atoms with Crippen molar-refractivity contribution in [2.75, 3.05) is 33.2 Å². The van der Waals surface area contributed by atoms with Gasteiger partial charge in [-0.15, -0.1) is 0 Å². The predicted octanol–water partition coefficient (Wildman–Crippen LogP) is 1.43. The third-order valence-electron chi connectivity index (χ3n) is 4.95. The summed E-state index contributed by atoms with van der Waals surface area (Å²) in [6.07, 6.45) is 1.10. The minimum Gasteiger partial charge on any atom is -0.339 e. The summed E-state index contributed by atoms with van der Waals surface area (Å²) < 4.78 is 0. The average molecular weight is 287 g/mol. The zero-order valence-corrected chi connectivity index (χ0v) is 13.0. The highest BCUT2D eigenvalue weighted by molar-refractivity contribution is 5.85. The van der Waals surface area contributed by atoms with E-state index < -0.39 is 0 Å². The third-order valence-corrected chi connectivity index (χ3v) is 4.95. The zero-order valence-electron chi connectivity index (χ0n) is 13.0. The van der Waals surface area contributed by atoms with Gasteiger partial charge in [-0.25, -0.2) is 0 Å². The lowest BCUT2D eigenvalue weighted by molar-refractivity contribution is -0.135. The number of nitrogens with zero attached hydrogens (tertiary/aromatic N) is 2. The number of carbonyl (C=O) groups excluding carboxylic acids is 1. The van der Waals surface area contributed by atoms with Crippen LogP contribution in [-0.4, -0.2) is 55.0 Å². The van der Waals surface area contributed by atoms with Crippen LogP contribution in [0.25, 0.3) is 0 Å². The fourth-order valence-corrected chi connectivity index (χ4v) is 3.52. The van der Waals surface area contributed by atoms with Crippen LogP contribution in [0.1, 0.15) is 30.4 Å². The highest BCUT2D eigenvalue weighted by atomic mass is 16.2. The minimum absolute atomic E-state index is 0.0177. The number of hydrogen-bond acceptors (Lipinski definition) is 3. The van der Waals surface area contributed by atoms with Gasteiger partial charge in [-0.1, -0.05) is 31.2 Å². The van der Waals surface area contributed by atoms with Gasteiger partial charge in [0, 0.05) is 38.8 Å². The van der Waals surface area contributed by atoms with Gasteiger partial charge in [-0.05, 0) is 24.6 Å².